The van der Waals surface area contributed by atoms with Gasteiger partial charge < -0.3 is 15.8 Å². The maximum absolute atomic E-state index is 12.5. The van der Waals surface area contributed by atoms with E-state index >= 15 is 0 Å². The number of ether oxygens (including phenoxy) is 1. The lowest BCUT2D eigenvalue weighted by Crippen LogP contribution is -2.76. The van der Waals surface area contributed by atoms with Crippen molar-refractivity contribution in [2.24, 2.45) is 16.6 Å². The van der Waals surface area contributed by atoms with Crippen LogP contribution in [-0.4, -0.2) is 30.7 Å². The van der Waals surface area contributed by atoms with Crippen molar-refractivity contribution in [3.63, 3.8) is 0 Å². The Labute approximate surface area is 135 Å². The van der Waals surface area contributed by atoms with Gasteiger partial charge in [-0.15, -0.1) is 12.4 Å². The highest BCUT2D eigenvalue weighted by Gasteiger charge is 2.62. The fraction of sp³-hybridized carbons (Fsp3) is 0.938. The number of hydrogen-bond donors (Lipinski definition) is 2. The average molecular weight is 319 g/mol. The summed E-state index contributed by atoms with van der Waals surface area (Å²) < 4.78 is 5.68. The SMILES string of the molecule is CCOC1CC(N)(C(=O)NCC2(C)CCCC2)C1(C)C.Cl. The van der Waals surface area contributed by atoms with Crippen LogP contribution in [0.5, 0.6) is 0 Å². The van der Waals surface area contributed by atoms with Crippen LogP contribution in [0.1, 0.15) is 59.8 Å². The standard InChI is InChI=1S/C16H30N2O2.ClH/c1-5-20-12-10-16(17,14(12,2)3)13(19)18-11-15(4)8-6-7-9-15;/h12H,5-11,17H2,1-4H3,(H,18,19);1H. The van der Waals surface area contributed by atoms with Crippen LogP contribution in [0.2, 0.25) is 0 Å². The topological polar surface area (TPSA) is 64.3 Å². The molecule has 0 spiro atoms. The predicted molar refractivity (Wildman–Crippen MR) is 87.6 cm³/mol. The molecule has 0 aliphatic heterocycles. The number of rotatable bonds is 5. The molecule has 2 unspecified atom stereocenters. The van der Waals surface area contributed by atoms with Crippen LogP contribution in [0.3, 0.4) is 0 Å². The van der Waals surface area contributed by atoms with Crippen molar-refractivity contribution in [1.82, 2.24) is 5.32 Å². The Balaban J connectivity index is 0.00000220. The van der Waals surface area contributed by atoms with Gasteiger partial charge in [0.2, 0.25) is 5.91 Å². The second-order valence-electron chi connectivity index (χ2n) is 7.54. The van der Waals surface area contributed by atoms with Gasteiger partial charge >= 0.3 is 0 Å². The van der Waals surface area contributed by atoms with Crippen LogP contribution in [0, 0.1) is 10.8 Å². The van der Waals surface area contributed by atoms with E-state index in [1.807, 2.05) is 20.8 Å². The van der Waals surface area contributed by atoms with Crippen molar-refractivity contribution in [2.75, 3.05) is 13.2 Å². The molecule has 2 rings (SSSR count). The van der Waals surface area contributed by atoms with E-state index in [1.165, 1.54) is 25.7 Å². The van der Waals surface area contributed by atoms with Crippen LogP contribution >= 0.6 is 12.4 Å². The van der Waals surface area contributed by atoms with Gasteiger partial charge in [-0.3, -0.25) is 4.79 Å². The molecule has 4 nitrogen and oxygen atoms in total. The molecule has 2 aliphatic carbocycles. The van der Waals surface area contributed by atoms with E-state index in [2.05, 4.69) is 12.2 Å². The van der Waals surface area contributed by atoms with Gasteiger partial charge in [-0.2, -0.15) is 0 Å². The van der Waals surface area contributed by atoms with Crippen LogP contribution in [0.15, 0.2) is 0 Å². The third-order valence-electron chi connectivity index (χ3n) is 5.72. The zero-order valence-electron chi connectivity index (χ0n) is 13.8. The second-order valence-corrected chi connectivity index (χ2v) is 7.54. The maximum atomic E-state index is 12.5. The highest BCUT2D eigenvalue weighted by atomic mass is 35.5. The van der Waals surface area contributed by atoms with E-state index < -0.39 is 5.54 Å². The van der Waals surface area contributed by atoms with E-state index in [-0.39, 0.29) is 35.2 Å². The molecule has 21 heavy (non-hydrogen) atoms. The average Bonchev–Trinajstić information content (AvgIpc) is 2.83. The fourth-order valence-corrected chi connectivity index (χ4v) is 3.68. The number of amides is 1. The largest absolute Gasteiger partial charge is 0.378 e. The van der Waals surface area contributed by atoms with Gasteiger partial charge in [0.05, 0.1) is 6.10 Å². The second kappa shape index (κ2) is 6.43. The monoisotopic (exact) mass is 318 g/mol. The van der Waals surface area contributed by atoms with Gasteiger partial charge in [0, 0.05) is 25.0 Å². The lowest BCUT2D eigenvalue weighted by molar-refractivity contribution is -0.171. The Morgan fingerprint density at radius 1 is 1.29 bits per heavy atom. The number of nitrogens with one attached hydrogen (secondary N) is 1. The van der Waals surface area contributed by atoms with Crippen LogP contribution in [0.25, 0.3) is 0 Å². The molecule has 0 aromatic carbocycles. The Morgan fingerprint density at radius 3 is 2.33 bits per heavy atom. The number of nitrogens with two attached hydrogens (primary N) is 1. The van der Waals surface area contributed by atoms with Gasteiger partial charge in [0.25, 0.3) is 0 Å². The number of carbonyl (C=O) groups excluding carboxylic acids is 1. The zero-order chi connectivity index (χ0) is 15.0. The normalized spacial score (nSPS) is 32.9. The first-order valence-electron chi connectivity index (χ1n) is 7.94. The van der Waals surface area contributed by atoms with Gasteiger partial charge in [0.15, 0.2) is 0 Å². The van der Waals surface area contributed by atoms with Crippen molar-refractivity contribution in [3.05, 3.63) is 0 Å². The molecule has 1 amide bonds. The lowest BCUT2D eigenvalue weighted by Gasteiger charge is -2.57. The third kappa shape index (κ3) is 3.22. The zero-order valence-corrected chi connectivity index (χ0v) is 14.6. The van der Waals surface area contributed by atoms with Gasteiger partial charge in [-0.25, -0.2) is 0 Å². The van der Waals surface area contributed by atoms with Crippen molar-refractivity contribution in [2.45, 2.75) is 71.4 Å². The first-order valence-corrected chi connectivity index (χ1v) is 7.94. The van der Waals surface area contributed by atoms with Crippen molar-refractivity contribution >= 4 is 18.3 Å². The molecule has 0 heterocycles. The molecule has 0 aromatic rings. The minimum atomic E-state index is -0.790. The molecule has 2 atom stereocenters. The number of hydrogen-bond acceptors (Lipinski definition) is 3. The van der Waals surface area contributed by atoms with Crippen molar-refractivity contribution in [3.8, 4) is 0 Å². The Morgan fingerprint density at radius 2 is 1.86 bits per heavy atom. The van der Waals surface area contributed by atoms with Crippen LogP contribution < -0.4 is 11.1 Å². The fourth-order valence-electron chi connectivity index (χ4n) is 3.68. The molecule has 3 N–H and O–H groups in total. The van der Waals surface area contributed by atoms with Gasteiger partial charge in [0.1, 0.15) is 5.54 Å². The predicted octanol–water partition coefficient (Wildman–Crippen LogP) is 2.64. The molecule has 124 valence electrons. The summed E-state index contributed by atoms with van der Waals surface area (Å²) in [6, 6.07) is 0. The number of carbonyl (C=O) groups is 1. The Hall–Kier alpha value is -0.320. The van der Waals surface area contributed by atoms with Gasteiger partial charge in [-0.1, -0.05) is 33.6 Å². The van der Waals surface area contributed by atoms with E-state index in [9.17, 15) is 4.79 Å². The molecule has 0 radical (unpaired) electrons. The molecular weight excluding hydrogens is 288 g/mol. The van der Waals surface area contributed by atoms with Crippen molar-refractivity contribution < 1.29 is 9.53 Å². The first-order chi connectivity index (χ1) is 9.25. The first kappa shape index (κ1) is 18.7. The van der Waals surface area contributed by atoms with E-state index in [1.54, 1.807) is 0 Å². The quantitative estimate of drug-likeness (QED) is 0.819. The molecule has 2 aliphatic rings. The van der Waals surface area contributed by atoms with Crippen molar-refractivity contribution in [1.29, 1.82) is 0 Å². The summed E-state index contributed by atoms with van der Waals surface area (Å²) in [7, 11) is 0. The maximum Gasteiger partial charge on any atom is 0.240 e. The van der Waals surface area contributed by atoms with E-state index in [4.69, 9.17) is 10.5 Å². The summed E-state index contributed by atoms with van der Waals surface area (Å²) in [6.45, 7) is 9.73. The van der Waals surface area contributed by atoms with Crippen LogP contribution in [0.4, 0.5) is 0 Å². The highest BCUT2D eigenvalue weighted by molar-refractivity contribution is 5.88. The van der Waals surface area contributed by atoms with Crippen LogP contribution in [-0.2, 0) is 9.53 Å². The molecule has 2 fully saturated rings. The number of halogens is 1. The summed E-state index contributed by atoms with van der Waals surface area (Å²) >= 11 is 0. The summed E-state index contributed by atoms with van der Waals surface area (Å²) in [5.74, 6) is -0.00780. The van der Waals surface area contributed by atoms with Gasteiger partial charge in [-0.05, 0) is 25.2 Å². The Bertz CT molecular complexity index is 380. The van der Waals surface area contributed by atoms with E-state index in [0.29, 0.717) is 13.0 Å². The minimum Gasteiger partial charge on any atom is -0.378 e. The molecule has 0 saturated heterocycles. The molecular formula is C16H31ClN2O2. The smallest absolute Gasteiger partial charge is 0.240 e. The molecule has 5 heteroatoms. The molecule has 0 aromatic heterocycles. The summed E-state index contributed by atoms with van der Waals surface area (Å²) in [4.78, 5) is 12.5. The third-order valence-corrected chi connectivity index (χ3v) is 5.72. The summed E-state index contributed by atoms with van der Waals surface area (Å²) in [6.07, 6.45) is 5.67. The summed E-state index contributed by atoms with van der Waals surface area (Å²) in [5, 5.41) is 3.11. The summed E-state index contributed by atoms with van der Waals surface area (Å²) in [5.41, 5.74) is 5.55. The molecule has 0 bridgehead atoms. The minimum absolute atomic E-state index is 0. The van der Waals surface area contributed by atoms with E-state index in [0.717, 1.165) is 6.54 Å². The highest BCUT2D eigenvalue weighted by Crippen LogP contribution is 2.50. The lowest BCUT2D eigenvalue weighted by atomic mass is 9.54. The Kier molecular flexibility index (Phi) is 5.73. The molecule has 2 saturated carbocycles.